The lowest BCUT2D eigenvalue weighted by atomic mass is 10.1. The number of hydrogen-bond acceptors (Lipinski definition) is 1. The van der Waals surface area contributed by atoms with Crippen LogP contribution in [-0.4, -0.2) is 9.55 Å². The van der Waals surface area contributed by atoms with Gasteiger partial charge in [-0.3, -0.25) is 0 Å². The van der Waals surface area contributed by atoms with Crippen LogP contribution in [0.25, 0.3) is 11.0 Å². The molecule has 0 bridgehead atoms. The average Bonchev–Trinajstić information content (AvgIpc) is 2.80. The number of hydrogen-bond donors (Lipinski definition) is 0. The van der Waals surface area contributed by atoms with Crippen LogP contribution in [0.15, 0.2) is 42.5 Å². The molecule has 3 rings (SSSR count). The Kier molecular flexibility index (Phi) is 3.26. The summed E-state index contributed by atoms with van der Waals surface area (Å²) >= 11 is 0. The van der Waals surface area contributed by atoms with Gasteiger partial charge in [-0.25, -0.2) is 9.37 Å². The van der Waals surface area contributed by atoms with Crippen LogP contribution in [-0.2, 0) is 13.0 Å². The zero-order chi connectivity index (χ0) is 14.1. The van der Waals surface area contributed by atoms with Crippen LogP contribution < -0.4 is 0 Å². The molecular formula is C17H17FN2. The van der Waals surface area contributed by atoms with Gasteiger partial charge in [0.1, 0.15) is 11.6 Å². The molecular weight excluding hydrogens is 251 g/mol. The van der Waals surface area contributed by atoms with Crippen LogP contribution >= 0.6 is 0 Å². The summed E-state index contributed by atoms with van der Waals surface area (Å²) in [5.74, 6) is 0.882. The lowest BCUT2D eigenvalue weighted by Gasteiger charge is -2.11. The van der Waals surface area contributed by atoms with E-state index in [1.807, 2.05) is 31.2 Å². The summed E-state index contributed by atoms with van der Waals surface area (Å²) in [5, 5.41) is 0. The monoisotopic (exact) mass is 268 g/mol. The molecule has 0 aliphatic rings. The highest BCUT2D eigenvalue weighted by atomic mass is 19.1. The molecule has 20 heavy (non-hydrogen) atoms. The second kappa shape index (κ2) is 5.08. The molecule has 0 fully saturated rings. The van der Waals surface area contributed by atoms with Crippen molar-refractivity contribution in [1.82, 2.24) is 9.55 Å². The van der Waals surface area contributed by atoms with Crippen molar-refractivity contribution in [3.63, 3.8) is 0 Å². The largest absolute Gasteiger partial charge is 0.323 e. The van der Waals surface area contributed by atoms with Crippen molar-refractivity contribution >= 4 is 11.0 Å². The summed E-state index contributed by atoms with van der Waals surface area (Å²) < 4.78 is 15.4. The Labute approximate surface area is 117 Å². The number of aryl methyl sites for hydroxylation is 2. The maximum absolute atomic E-state index is 13.2. The fourth-order valence-electron chi connectivity index (χ4n) is 2.58. The molecule has 0 unspecified atom stereocenters. The van der Waals surface area contributed by atoms with Gasteiger partial charge in [-0.2, -0.15) is 0 Å². The minimum atomic E-state index is -0.183. The standard InChI is InChI=1S/C17H17FN2/c1-3-17-19-15-6-4-5-7-16(15)20(17)11-13-8-9-14(18)10-12(13)2/h4-10H,3,11H2,1-2H3. The van der Waals surface area contributed by atoms with Crippen molar-refractivity contribution in [3.05, 3.63) is 65.2 Å². The van der Waals surface area contributed by atoms with E-state index in [4.69, 9.17) is 0 Å². The molecule has 2 aromatic carbocycles. The molecule has 1 heterocycles. The third-order valence-electron chi connectivity index (χ3n) is 3.68. The van der Waals surface area contributed by atoms with Gasteiger partial charge in [-0.15, -0.1) is 0 Å². The van der Waals surface area contributed by atoms with E-state index in [0.717, 1.165) is 41.0 Å². The number of nitrogens with zero attached hydrogens (tertiary/aromatic N) is 2. The van der Waals surface area contributed by atoms with Gasteiger partial charge in [0.05, 0.1) is 11.0 Å². The summed E-state index contributed by atoms with van der Waals surface area (Å²) in [6, 6.07) is 13.1. The normalized spacial score (nSPS) is 11.2. The fraction of sp³-hybridized carbons (Fsp3) is 0.235. The van der Waals surface area contributed by atoms with Gasteiger partial charge < -0.3 is 4.57 Å². The summed E-state index contributed by atoms with van der Waals surface area (Å²) in [6.45, 7) is 4.79. The molecule has 1 aromatic heterocycles. The van der Waals surface area contributed by atoms with Gasteiger partial charge in [-0.1, -0.05) is 25.1 Å². The topological polar surface area (TPSA) is 17.8 Å². The predicted octanol–water partition coefficient (Wildman–Crippen LogP) is 4.09. The lowest BCUT2D eigenvalue weighted by molar-refractivity contribution is 0.624. The highest BCUT2D eigenvalue weighted by Gasteiger charge is 2.10. The summed E-state index contributed by atoms with van der Waals surface area (Å²) in [6.07, 6.45) is 0.884. The zero-order valence-electron chi connectivity index (χ0n) is 11.7. The molecule has 102 valence electrons. The van der Waals surface area contributed by atoms with Gasteiger partial charge in [0.25, 0.3) is 0 Å². The first-order chi connectivity index (χ1) is 9.69. The van der Waals surface area contributed by atoms with Crippen molar-refractivity contribution < 1.29 is 4.39 Å². The van der Waals surface area contributed by atoms with Crippen LogP contribution in [0.3, 0.4) is 0 Å². The molecule has 2 nitrogen and oxygen atoms in total. The van der Waals surface area contributed by atoms with E-state index in [0.29, 0.717) is 0 Å². The third kappa shape index (κ3) is 2.20. The highest BCUT2D eigenvalue weighted by molar-refractivity contribution is 5.76. The average molecular weight is 268 g/mol. The van der Waals surface area contributed by atoms with E-state index >= 15 is 0 Å². The minimum absolute atomic E-state index is 0.183. The van der Waals surface area contributed by atoms with E-state index in [1.54, 1.807) is 6.07 Å². The van der Waals surface area contributed by atoms with Gasteiger partial charge in [0.2, 0.25) is 0 Å². The SMILES string of the molecule is CCc1nc2ccccc2n1Cc1ccc(F)cc1C. The first kappa shape index (κ1) is 12.9. The van der Waals surface area contributed by atoms with Gasteiger partial charge >= 0.3 is 0 Å². The molecule has 3 aromatic rings. The van der Waals surface area contributed by atoms with Crippen molar-refractivity contribution in [2.75, 3.05) is 0 Å². The smallest absolute Gasteiger partial charge is 0.123 e. The van der Waals surface area contributed by atoms with E-state index in [1.165, 1.54) is 6.07 Å². The molecule has 0 atom stereocenters. The quantitative estimate of drug-likeness (QED) is 0.699. The Morgan fingerprint density at radius 3 is 2.70 bits per heavy atom. The molecule has 0 N–H and O–H groups in total. The molecule has 0 spiro atoms. The zero-order valence-corrected chi connectivity index (χ0v) is 11.7. The molecule has 0 aliphatic heterocycles. The first-order valence-corrected chi connectivity index (χ1v) is 6.88. The molecule has 0 amide bonds. The van der Waals surface area contributed by atoms with Gasteiger partial charge in [0, 0.05) is 13.0 Å². The highest BCUT2D eigenvalue weighted by Crippen LogP contribution is 2.20. The number of aromatic nitrogens is 2. The number of fused-ring (bicyclic) bond motifs is 1. The molecule has 0 saturated carbocycles. The van der Waals surface area contributed by atoms with Crippen molar-refractivity contribution in [3.8, 4) is 0 Å². The van der Waals surface area contributed by atoms with Crippen molar-refractivity contribution in [2.45, 2.75) is 26.8 Å². The number of benzene rings is 2. The summed E-state index contributed by atoms with van der Waals surface area (Å²) in [4.78, 5) is 4.66. The second-order valence-electron chi connectivity index (χ2n) is 5.03. The van der Waals surface area contributed by atoms with Crippen molar-refractivity contribution in [1.29, 1.82) is 0 Å². The second-order valence-corrected chi connectivity index (χ2v) is 5.03. The summed E-state index contributed by atoms with van der Waals surface area (Å²) in [7, 11) is 0. The molecule has 0 aliphatic carbocycles. The van der Waals surface area contributed by atoms with E-state index in [-0.39, 0.29) is 5.82 Å². The Hall–Kier alpha value is -2.16. The Balaban J connectivity index is 2.09. The Morgan fingerprint density at radius 2 is 1.95 bits per heavy atom. The van der Waals surface area contributed by atoms with E-state index in [2.05, 4.69) is 22.5 Å². The van der Waals surface area contributed by atoms with Gasteiger partial charge in [0.15, 0.2) is 0 Å². The maximum Gasteiger partial charge on any atom is 0.123 e. The van der Waals surface area contributed by atoms with Crippen LogP contribution in [0.1, 0.15) is 23.9 Å². The maximum atomic E-state index is 13.2. The molecule has 0 saturated heterocycles. The molecule has 3 heteroatoms. The van der Waals surface area contributed by atoms with Crippen LogP contribution in [0, 0.1) is 12.7 Å². The lowest BCUT2D eigenvalue weighted by Crippen LogP contribution is -2.05. The summed E-state index contributed by atoms with van der Waals surface area (Å²) in [5.41, 5.74) is 4.26. The Morgan fingerprint density at radius 1 is 1.15 bits per heavy atom. The van der Waals surface area contributed by atoms with Crippen LogP contribution in [0.4, 0.5) is 4.39 Å². The van der Waals surface area contributed by atoms with E-state index < -0.39 is 0 Å². The van der Waals surface area contributed by atoms with Gasteiger partial charge in [-0.05, 0) is 42.3 Å². The third-order valence-corrected chi connectivity index (χ3v) is 3.68. The van der Waals surface area contributed by atoms with E-state index in [9.17, 15) is 4.39 Å². The number of para-hydroxylation sites is 2. The van der Waals surface area contributed by atoms with Crippen molar-refractivity contribution in [2.24, 2.45) is 0 Å². The number of halogens is 1. The number of imidazole rings is 1. The predicted molar refractivity (Wildman–Crippen MR) is 79.4 cm³/mol. The minimum Gasteiger partial charge on any atom is -0.323 e. The van der Waals surface area contributed by atoms with Crippen LogP contribution in [0.5, 0.6) is 0 Å². The first-order valence-electron chi connectivity index (χ1n) is 6.88. The fourth-order valence-corrected chi connectivity index (χ4v) is 2.58. The number of rotatable bonds is 3. The van der Waals surface area contributed by atoms with Crippen LogP contribution in [0.2, 0.25) is 0 Å². The Bertz CT molecular complexity index is 759. The molecule has 0 radical (unpaired) electrons.